The molecule has 5 heteroatoms. The molecule has 1 amide bonds. The molecular formula is C16H13N3OS. The summed E-state index contributed by atoms with van der Waals surface area (Å²) in [5, 5.41) is 3.91. The zero-order chi connectivity index (χ0) is 14.0. The number of aliphatic imine (C=N–C) groups is 1. The summed E-state index contributed by atoms with van der Waals surface area (Å²) in [4.78, 5) is 19.6. The van der Waals surface area contributed by atoms with Crippen molar-refractivity contribution in [1.29, 1.82) is 0 Å². The lowest BCUT2D eigenvalue weighted by Crippen LogP contribution is -2.32. The van der Waals surface area contributed by atoms with E-state index >= 15 is 0 Å². The fraction of sp³-hybridized carbons (Fsp3) is 0.250. The molecule has 1 aromatic heterocycles. The van der Waals surface area contributed by atoms with E-state index in [0.29, 0.717) is 6.54 Å². The van der Waals surface area contributed by atoms with Gasteiger partial charge in [-0.3, -0.25) is 10.1 Å². The molecule has 5 rings (SSSR count). The number of hydrogen-bond acceptors (Lipinski definition) is 4. The highest BCUT2D eigenvalue weighted by molar-refractivity contribution is 7.19. The van der Waals surface area contributed by atoms with Crippen LogP contribution in [0.2, 0.25) is 0 Å². The Labute approximate surface area is 126 Å². The van der Waals surface area contributed by atoms with E-state index in [4.69, 9.17) is 0 Å². The number of benzene rings is 1. The average Bonchev–Trinajstić information content (AvgIpc) is 3.03. The summed E-state index contributed by atoms with van der Waals surface area (Å²) in [7, 11) is 0. The average molecular weight is 295 g/mol. The minimum absolute atomic E-state index is 0.0446. The van der Waals surface area contributed by atoms with E-state index in [2.05, 4.69) is 34.6 Å². The minimum atomic E-state index is 0.0446. The third kappa shape index (κ3) is 1.55. The molecule has 1 aliphatic carbocycles. The number of aryl methyl sites for hydroxylation is 1. The number of guanidine groups is 1. The van der Waals surface area contributed by atoms with E-state index in [1.165, 1.54) is 27.1 Å². The summed E-state index contributed by atoms with van der Waals surface area (Å²) in [6.45, 7) is 1.24. The Balaban J connectivity index is 1.69. The van der Waals surface area contributed by atoms with Crippen molar-refractivity contribution in [3.63, 3.8) is 0 Å². The smallest absolute Gasteiger partial charge is 0.246 e. The fourth-order valence-corrected chi connectivity index (χ4v) is 4.74. The van der Waals surface area contributed by atoms with Crippen LogP contribution in [0.3, 0.4) is 0 Å². The first-order chi connectivity index (χ1) is 10.3. The van der Waals surface area contributed by atoms with Crippen LogP contribution >= 0.6 is 11.3 Å². The second-order valence-corrected chi connectivity index (χ2v) is 6.69. The maximum atomic E-state index is 11.5. The summed E-state index contributed by atoms with van der Waals surface area (Å²) in [6.07, 6.45) is 2.18. The maximum Gasteiger partial charge on any atom is 0.246 e. The number of carbonyl (C=O) groups excluding carboxylic acids is 1. The van der Waals surface area contributed by atoms with Gasteiger partial charge in [0.2, 0.25) is 11.9 Å². The quantitative estimate of drug-likeness (QED) is 0.811. The van der Waals surface area contributed by atoms with E-state index < -0.39 is 0 Å². The van der Waals surface area contributed by atoms with Crippen molar-refractivity contribution in [3.05, 3.63) is 41.0 Å². The van der Waals surface area contributed by atoms with Crippen LogP contribution in [-0.2, 0) is 24.2 Å². The molecule has 0 radical (unpaired) electrons. The van der Waals surface area contributed by atoms with Gasteiger partial charge >= 0.3 is 0 Å². The maximum absolute atomic E-state index is 11.5. The molecule has 21 heavy (non-hydrogen) atoms. The van der Waals surface area contributed by atoms with Crippen LogP contribution in [0.15, 0.2) is 29.3 Å². The third-order valence-corrected chi connectivity index (χ3v) is 5.64. The lowest BCUT2D eigenvalue weighted by Gasteiger charge is -2.22. The van der Waals surface area contributed by atoms with Gasteiger partial charge in [0.05, 0.1) is 0 Å². The lowest BCUT2D eigenvalue weighted by atomic mass is 9.89. The lowest BCUT2D eigenvalue weighted by molar-refractivity contribution is -0.118. The Morgan fingerprint density at radius 1 is 1.14 bits per heavy atom. The van der Waals surface area contributed by atoms with Crippen LogP contribution in [-0.4, -0.2) is 23.3 Å². The van der Waals surface area contributed by atoms with E-state index in [1.807, 2.05) is 4.90 Å². The molecule has 1 N–H and O–H groups in total. The number of hydrogen-bond donors (Lipinski definition) is 1. The summed E-state index contributed by atoms with van der Waals surface area (Å²) in [5.41, 5.74) is 5.56. The molecule has 1 aromatic carbocycles. The summed E-state index contributed by atoms with van der Waals surface area (Å²) >= 11 is 1.77. The Kier molecular flexibility index (Phi) is 2.16. The van der Waals surface area contributed by atoms with Crippen molar-refractivity contribution in [2.24, 2.45) is 4.99 Å². The number of nitrogens with zero attached hydrogens (tertiary/aromatic N) is 2. The first-order valence-corrected chi connectivity index (χ1v) is 7.97. The van der Waals surface area contributed by atoms with Crippen LogP contribution < -0.4 is 5.32 Å². The Hall–Kier alpha value is -2.14. The standard InChI is InChI=1S/C16H13N3OS/c20-13-8-19-7-12-11-6-5-9-3-1-2-4-10(9)14(11)21-15(12)18-16(19)17-13/h1-4H,5-8H2,(H,17,18,20). The van der Waals surface area contributed by atoms with Gasteiger partial charge in [0.25, 0.3) is 0 Å². The summed E-state index contributed by atoms with van der Waals surface area (Å²) in [5.74, 6) is 0.766. The Bertz CT molecular complexity index is 821. The van der Waals surface area contributed by atoms with Crippen molar-refractivity contribution in [1.82, 2.24) is 10.2 Å². The predicted molar refractivity (Wildman–Crippen MR) is 82.8 cm³/mol. The highest BCUT2D eigenvalue weighted by atomic mass is 32.1. The molecule has 3 aliphatic rings. The zero-order valence-corrected chi connectivity index (χ0v) is 12.2. The van der Waals surface area contributed by atoms with Crippen LogP contribution in [0.1, 0.15) is 16.7 Å². The molecule has 1 fully saturated rings. The van der Waals surface area contributed by atoms with Gasteiger partial charge in [0.1, 0.15) is 11.5 Å². The van der Waals surface area contributed by atoms with Gasteiger partial charge in [-0.15, -0.1) is 11.3 Å². The molecule has 2 aliphatic heterocycles. The van der Waals surface area contributed by atoms with Crippen molar-refractivity contribution in [2.45, 2.75) is 19.4 Å². The fourth-order valence-electron chi connectivity index (χ4n) is 3.45. The van der Waals surface area contributed by atoms with Crippen LogP contribution in [0.4, 0.5) is 5.00 Å². The minimum Gasteiger partial charge on any atom is -0.329 e. The van der Waals surface area contributed by atoms with Crippen molar-refractivity contribution < 1.29 is 4.79 Å². The number of carbonyl (C=O) groups is 1. The van der Waals surface area contributed by atoms with E-state index in [-0.39, 0.29) is 5.91 Å². The van der Waals surface area contributed by atoms with E-state index in [0.717, 1.165) is 30.3 Å². The largest absolute Gasteiger partial charge is 0.329 e. The molecule has 0 unspecified atom stereocenters. The second kappa shape index (κ2) is 3.95. The topological polar surface area (TPSA) is 44.7 Å². The van der Waals surface area contributed by atoms with Crippen molar-refractivity contribution in [2.75, 3.05) is 6.54 Å². The van der Waals surface area contributed by atoms with Crippen molar-refractivity contribution in [3.8, 4) is 10.4 Å². The third-order valence-electron chi connectivity index (χ3n) is 4.44. The Morgan fingerprint density at radius 3 is 3.00 bits per heavy atom. The number of rotatable bonds is 0. The summed E-state index contributed by atoms with van der Waals surface area (Å²) in [6, 6.07) is 8.66. The molecule has 1 saturated heterocycles. The van der Waals surface area contributed by atoms with E-state index in [9.17, 15) is 4.79 Å². The van der Waals surface area contributed by atoms with Crippen LogP contribution in [0.5, 0.6) is 0 Å². The molecule has 0 bridgehead atoms. The molecule has 4 nitrogen and oxygen atoms in total. The normalized spacial score (nSPS) is 18.4. The van der Waals surface area contributed by atoms with Gasteiger partial charge in [0, 0.05) is 17.0 Å². The van der Waals surface area contributed by atoms with Gasteiger partial charge < -0.3 is 4.90 Å². The van der Waals surface area contributed by atoms with E-state index in [1.54, 1.807) is 11.3 Å². The number of fused-ring (bicyclic) bond motifs is 6. The highest BCUT2D eigenvalue weighted by Gasteiger charge is 2.33. The summed E-state index contributed by atoms with van der Waals surface area (Å²) < 4.78 is 0. The van der Waals surface area contributed by atoms with Gasteiger partial charge in [0.15, 0.2) is 0 Å². The molecule has 3 heterocycles. The second-order valence-electron chi connectivity index (χ2n) is 5.69. The van der Waals surface area contributed by atoms with Crippen molar-refractivity contribution >= 4 is 28.2 Å². The molecule has 2 aromatic rings. The molecule has 104 valence electrons. The molecule has 0 spiro atoms. The monoisotopic (exact) mass is 295 g/mol. The van der Waals surface area contributed by atoms with Crippen LogP contribution in [0, 0.1) is 0 Å². The first kappa shape index (κ1) is 11.5. The zero-order valence-electron chi connectivity index (χ0n) is 11.3. The molecular weight excluding hydrogens is 282 g/mol. The Morgan fingerprint density at radius 2 is 2.05 bits per heavy atom. The molecule has 0 atom stereocenters. The predicted octanol–water partition coefficient (Wildman–Crippen LogP) is 2.45. The SMILES string of the molecule is O=C1CN2Cc3c(sc4c3CCc3ccccc3-4)N=C2N1. The van der Waals surface area contributed by atoms with Gasteiger partial charge in [-0.25, -0.2) is 4.99 Å². The highest BCUT2D eigenvalue weighted by Crippen LogP contribution is 2.48. The van der Waals surface area contributed by atoms with Gasteiger partial charge in [-0.1, -0.05) is 24.3 Å². The number of amides is 1. The van der Waals surface area contributed by atoms with Gasteiger partial charge in [-0.05, 0) is 29.5 Å². The first-order valence-electron chi connectivity index (χ1n) is 7.16. The number of nitrogens with one attached hydrogen (secondary N) is 1. The van der Waals surface area contributed by atoms with Gasteiger partial charge in [-0.2, -0.15) is 0 Å². The molecule has 0 saturated carbocycles. The van der Waals surface area contributed by atoms with Crippen LogP contribution in [0.25, 0.3) is 10.4 Å². The number of thiophene rings is 1.